The third kappa shape index (κ3) is 1.51. The standard InChI is InChI=1S/C9H11N3O2S/c1-6-3-4-8-7(5-6)9(12(2)10)11-15(8,13)14/h3-5H,10H2,1-2H3. The molecular formula is C9H11N3O2S. The maximum Gasteiger partial charge on any atom is 0.285 e. The molecule has 0 unspecified atom stereocenters. The number of aryl methyl sites for hydroxylation is 1. The molecule has 2 rings (SSSR count). The molecule has 6 heteroatoms. The van der Waals surface area contributed by atoms with Crippen LogP contribution in [0.5, 0.6) is 0 Å². The zero-order valence-corrected chi connectivity index (χ0v) is 9.25. The van der Waals surface area contributed by atoms with E-state index in [0.717, 1.165) is 5.56 Å². The van der Waals surface area contributed by atoms with Gasteiger partial charge in [-0.05, 0) is 19.1 Å². The van der Waals surface area contributed by atoms with Crippen molar-refractivity contribution in [3.05, 3.63) is 29.3 Å². The molecule has 1 aliphatic heterocycles. The number of nitrogens with two attached hydrogens (primary N) is 1. The fraction of sp³-hybridized carbons (Fsp3) is 0.222. The van der Waals surface area contributed by atoms with Gasteiger partial charge < -0.3 is 0 Å². The van der Waals surface area contributed by atoms with Gasteiger partial charge >= 0.3 is 0 Å². The van der Waals surface area contributed by atoms with Gasteiger partial charge in [-0.3, -0.25) is 5.01 Å². The highest BCUT2D eigenvalue weighted by atomic mass is 32.2. The van der Waals surface area contributed by atoms with Gasteiger partial charge in [0.15, 0.2) is 5.84 Å². The van der Waals surface area contributed by atoms with Gasteiger partial charge in [0, 0.05) is 12.6 Å². The van der Waals surface area contributed by atoms with Crippen LogP contribution in [-0.4, -0.2) is 26.3 Å². The van der Waals surface area contributed by atoms with Crippen LogP contribution in [0.4, 0.5) is 0 Å². The second kappa shape index (κ2) is 3.04. The summed E-state index contributed by atoms with van der Waals surface area (Å²) in [5.41, 5.74) is 1.54. The number of rotatable bonds is 0. The van der Waals surface area contributed by atoms with E-state index in [9.17, 15) is 8.42 Å². The van der Waals surface area contributed by atoms with E-state index < -0.39 is 10.0 Å². The summed E-state index contributed by atoms with van der Waals surface area (Å²) in [5, 5.41) is 1.21. The van der Waals surface area contributed by atoms with Crippen LogP contribution in [0.1, 0.15) is 11.1 Å². The molecule has 0 spiro atoms. The molecule has 0 saturated heterocycles. The van der Waals surface area contributed by atoms with Crippen molar-refractivity contribution in [1.82, 2.24) is 5.01 Å². The van der Waals surface area contributed by atoms with Crippen molar-refractivity contribution in [2.24, 2.45) is 10.2 Å². The van der Waals surface area contributed by atoms with Gasteiger partial charge in [0.25, 0.3) is 10.0 Å². The molecular weight excluding hydrogens is 214 g/mol. The van der Waals surface area contributed by atoms with Crippen molar-refractivity contribution >= 4 is 15.9 Å². The van der Waals surface area contributed by atoms with Crippen molar-refractivity contribution in [3.63, 3.8) is 0 Å². The molecule has 15 heavy (non-hydrogen) atoms. The molecule has 0 bridgehead atoms. The van der Waals surface area contributed by atoms with Crippen LogP contribution in [0.15, 0.2) is 27.5 Å². The number of amidine groups is 1. The summed E-state index contributed by atoms with van der Waals surface area (Å²) in [4.78, 5) is 0.223. The molecule has 1 aliphatic rings. The molecule has 80 valence electrons. The molecule has 0 radical (unpaired) electrons. The lowest BCUT2D eigenvalue weighted by molar-refractivity contribution is 0.541. The minimum Gasteiger partial charge on any atom is -0.297 e. The minimum atomic E-state index is -3.55. The fourth-order valence-electron chi connectivity index (χ4n) is 1.51. The highest BCUT2D eigenvalue weighted by Crippen LogP contribution is 2.27. The summed E-state index contributed by atoms with van der Waals surface area (Å²) >= 11 is 0. The van der Waals surface area contributed by atoms with Gasteiger partial charge in [-0.1, -0.05) is 11.6 Å². The van der Waals surface area contributed by atoms with Gasteiger partial charge in [0.2, 0.25) is 0 Å². The predicted molar refractivity (Wildman–Crippen MR) is 56.9 cm³/mol. The molecule has 0 aliphatic carbocycles. The maximum absolute atomic E-state index is 11.6. The normalized spacial score (nSPS) is 17.1. The highest BCUT2D eigenvalue weighted by Gasteiger charge is 2.29. The molecule has 1 heterocycles. The highest BCUT2D eigenvalue weighted by molar-refractivity contribution is 7.90. The molecule has 2 N–H and O–H groups in total. The van der Waals surface area contributed by atoms with Gasteiger partial charge in [0.05, 0.1) is 0 Å². The minimum absolute atomic E-state index is 0.223. The van der Waals surface area contributed by atoms with Gasteiger partial charge in [0.1, 0.15) is 4.90 Å². The summed E-state index contributed by atoms with van der Waals surface area (Å²) < 4.78 is 26.8. The predicted octanol–water partition coefficient (Wildman–Crippen LogP) is 0.249. The molecule has 0 aromatic heterocycles. The maximum atomic E-state index is 11.6. The summed E-state index contributed by atoms with van der Waals surface area (Å²) in [7, 11) is -1.99. The van der Waals surface area contributed by atoms with Crippen LogP contribution in [-0.2, 0) is 10.0 Å². The van der Waals surface area contributed by atoms with Gasteiger partial charge in [-0.25, -0.2) is 5.84 Å². The lowest BCUT2D eigenvalue weighted by Crippen LogP contribution is -2.33. The third-order valence-electron chi connectivity index (χ3n) is 2.19. The molecule has 0 fully saturated rings. The Morgan fingerprint density at radius 3 is 2.67 bits per heavy atom. The Hall–Kier alpha value is -1.40. The van der Waals surface area contributed by atoms with E-state index in [1.807, 2.05) is 6.92 Å². The number of hydrogen-bond donors (Lipinski definition) is 1. The summed E-state index contributed by atoms with van der Waals surface area (Å²) in [5.74, 6) is 5.81. The molecule has 0 atom stereocenters. The number of sulfonamides is 1. The van der Waals surface area contributed by atoms with Crippen LogP contribution in [0.3, 0.4) is 0 Å². The Bertz CT molecular complexity index is 546. The Morgan fingerprint density at radius 1 is 1.40 bits per heavy atom. The van der Waals surface area contributed by atoms with E-state index in [4.69, 9.17) is 5.84 Å². The molecule has 1 aromatic rings. The molecule has 1 aromatic carbocycles. The lowest BCUT2D eigenvalue weighted by atomic mass is 10.1. The van der Waals surface area contributed by atoms with E-state index >= 15 is 0 Å². The number of hydrazine groups is 1. The van der Waals surface area contributed by atoms with Gasteiger partial charge in [-0.15, -0.1) is 4.40 Å². The average Bonchev–Trinajstić information content (AvgIpc) is 2.38. The number of nitrogens with zero attached hydrogens (tertiary/aromatic N) is 2. The summed E-state index contributed by atoms with van der Waals surface area (Å²) in [6, 6.07) is 5.06. The first-order valence-electron chi connectivity index (χ1n) is 4.36. The smallest absolute Gasteiger partial charge is 0.285 e. The van der Waals surface area contributed by atoms with Gasteiger partial charge in [-0.2, -0.15) is 8.42 Å². The summed E-state index contributed by atoms with van der Waals surface area (Å²) in [6.45, 7) is 1.89. The zero-order chi connectivity index (χ0) is 11.2. The van der Waals surface area contributed by atoms with E-state index in [1.54, 1.807) is 25.2 Å². The quantitative estimate of drug-likeness (QED) is 0.507. The van der Waals surface area contributed by atoms with Crippen LogP contribution in [0, 0.1) is 6.92 Å². The van der Waals surface area contributed by atoms with E-state index in [-0.39, 0.29) is 10.7 Å². The van der Waals surface area contributed by atoms with Crippen molar-refractivity contribution in [1.29, 1.82) is 0 Å². The first-order valence-corrected chi connectivity index (χ1v) is 5.80. The van der Waals surface area contributed by atoms with Crippen LogP contribution in [0.25, 0.3) is 0 Å². The van der Waals surface area contributed by atoms with Crippen molar-refractivity contribution in [2.45, 2.75) is 11.8 Å². The third-order valence-corrected chi connectivity index (χ3v) is 3.52. The number of hydrogen-bond acceptors (Lipinski definition) is 4. The van der Waals surface area contributed by atoms with Crippen LogP contribution in [0.2, 0.25) is 0 Å². The zero-order valence-electron chi connectivity index (χ0n) is 8.43. The van der Waals surface area contributed by atoms with E-state index in [1.165, 1.54) is 5.01 Å². The van der Waals surface area contributed by atoms with Crippen molar-refractivity contribution in [3.8, 4) is 0 Å². The monoisotopic (exact) mass is 225 g/mol. The Balaban J connectivity index is 2.74. The molecule has 0 amide bonds. The van der Waals surface area contributed by atoms with Crippen LogP contribution >= 0.6 is 0 Å². The van der Waals surface area contributed by atoms with Crippen molar-refractivity contribution in [2.75, 3.05) is 7.05 Å². The Morgan fingerprint density at radius 2 is 2.07 bits per heavy atom. The van der Waals surface area contributed by atoms with E-state index in [2.05, 4.69) is 4.40 Å². The number of fused-ring (bicyclic) bond motifs is 1. The first kappa shape index (κ1) is 10.1. The SMILES string of the molecule is Cc1ccc2c(c1)C(N(C)N)=NS2(=O)=O. The largest absolute Gasteiger partial charge is 0.297 e. The van der Waals surface area contributed by atoms with Crippen molar-refractivity contribution < 1.29 is 8.42 Å². The van der Waals surface area contributed by atoms with E-state index in [0.29, 0.717) is 5.56 Å². The first-order chi connectivity index (χ1) is 6.92. The second-order valence-corrected chi connectivity index (χ2v) is 5.07. The Kier molecular flexibility index (Phi) is 2.06. The van der Waals surface area contributed by atoms with Crippen LogP contribution < -0.4 is 5.84 Å². The average molecular weight is 225 g/mol. The topological polar surface area (TPSA) is 75.8 Å². The molecule has 0 saturated carbocycles. The number of benzene rings is 1. The second-order valence-electron chi connectivity index (χ2n) is 3.50. The lowest BCUT2D eigenvalue weighted by Gasteiger charge is -2.11. The Labute approximate surface area is 88.2 Å². The fourth-order valence-corrected chi connectivity index (χ4v) is 2.73. The molecule has 5 nitrogen and oxygen atoms in total. The summed E-state index contributed by atoms with van der Waals surface area (Å²) in [6.07, 6.45) is 0.